The van der Waals surface area contributed by atoms with Gasteiger partial charge in [-0.1, -0.05) is 20.8 Å². The third-order valence-electron chi connectivity index (χ3n) is 3.72. The van der Waals surface area contributed by atoms with Crippen LogP contribution in [0.3, 0.4) is 0 Å². The minimum absolute atomic E-state index is 0.123. The zero-order valence-electron chi connectivity index (χ0n) is 11.9. The van der Waals surface area contributed by atoms with Crippen molar-refractivity contribution in [3.8, 4) is 0 Å². The molecule has 0 saturated carbocycles. The van der Waals surface area contributed by atoms with E-state index in [9.17, 15) is 4.79 Å². The second-order valence-corrected chi connectivity index (χ2v) is 6.04. The van der Waals surface area contributed by atoms with E-state index in [1.807, 2.05) is 11.9 Å². The lowest BCUT2D eigenvalue weighted by molar-refractivity contribution is -0.134. The second-order valence-electron chi connectivity index (χ2n) is 6.04. The minimum Gasteiger partial charge on any atom is -0.344 e. The predicted molar refractivity (Wildman–Crippen MR) is 70.7 cm³/mol. The van der Waals surface area contributed by atoms with Crippen LogP contribution in [0, 0.1) is 5.41 Å². The summed E-state index contributed by atoms with van der Waals surface area (Å²) in [5.74, 6) is 0.165. The van der Waals surface area contributed by atoms with Crippen LogP contribution in [0.2, 0.25) is 0 Å². The Hall–Kier alpha value is -0.610. The van der Waals surface area contributed by atoms with Crippen LogP contribution in [0.15, 0.2) is 0 Å². The van der Waals surface area contributed by atoms with E-state index in [0.717, 1.165) is 19.5 Å². The Bertz CT molecular complexity index is 278. The molecule has 1 heterocycles. The highest BCUT2D eigenvalue weighted by Crippen LogP contribution is 2.26. The Morgan fingerprint density at radius 3 is 2.53 bits per heavy atom. The number of nitrogens with zero attached hydrogens (tertiary/aromatic N) is 2. The molecule has 0 aromatic carbocycles. The molecule has 0 spiro atoms. The number of hydrogen-bond acceptors (Lipinski definition) is 3. The third-order valence-corrected chi connectivity index (χ3v) is 3.72. The lowest BCUT2D eigenvalue weighted by Crippen LogP contribution is -2.52. The van der Waals surface area contributed by atoms with Crippen LogP contribution in [-0.2, 0) is 4.79 Å². The number of hydrogen-bond donors (Lipinski definition) is 1. The highest BCUT2D eigenvalue weighted by molar-refractivity contribution is 5.82. The highest BCUT2D eigenvalue weighted by Gasteiger charge is 2.38. The maximum Gasteiger partial charge on any atom is 0.241 e. The lowest BCUT2D eigenvalue weighted by Gasteiger charge is -2.36. The molecule has 2 N–H and O–H groups in total. The van der Waals surface area contributed by atoms with Gasteiger partial charge in [0.1, 0.15) is 6.04 Å². The SMILES string of the molecule is CCC(C)N1CC(C)(C)CN(C)C(=O)C1CN. The zero-order valence-corrected chi connectivity index (χ0v) is 11.9. The Morgan fingerprint density at radius 1 is 1.47 bits per heavy atom. The average molecular weight is 241 g/mol. The normalized spacial score (nSPS) is 28.0. The summed E-state index contributed by atoms with van der Waals surface area (Å²) in [4.78, 5) is 16.4. The predicted octanol–water partition coefficient (Wildman–Crippen LogP) is 0.912. The molecule has 0 aliphatic carbocycles. The first-order valence-electron chi connectivity index (χ1n) is 6.53. The van der Waals surface area contributed by atoms with Gasteiger partial charge in [0.2, 0.25) is 5.91 Å². The van der Waals surface area contributed by atoms with E-state index in [2.05, 4.69) is 32.6 Å². The highest BCUT2D eigenvalue weighted by atomic mass is 16.2. The van der Waals surface area contributed by atoms with E-state index in [1.54, 1.807) is 0 Å². The standard InChI is InChI=1S/C13H27N3O/c1-6-10(2)16-9-13(3,4)8-15(5)12(17)11(16)7-14/h10-11H,6-9,14H2,1-5H3. The number of carbonyl (C=O) groups excluding carboxylic acids is 1. The van der Waals surface area contributed by atoms with Crippen molar-refractivity contribution in [1.29, 1.82) is 0 Å². The molecule has 1 amide bonds. The van der Waals surface area contributed by atoms with Gasteiger partial charge in [0.25, 0.3) is 0 Å². The van der Waals surface area contributed by atoms with Gasteiger partial charge in [-0.05, 0) is 18.8 Å². The minimum atomic E-state index is -0.156. The maximum absolute atomic E-state index is 12.3. The Balaban J connectivity index is 3.02. The summed E-state index contributed by atoms with van der Waals surface area (Å²) in [6.45, 7) is 10.9. The van der Waals surface area contributed by atoms with E-state index in [-0.39, 0.29) is 17.4 Å². The van der Waals surface area contributed by atoms with Gasteiger partial charge in [0.15, 0.2) is 0 Å². The van der Waals surface area contributed by atoms with E-state index in [1.165, 1.54) is 0 Å². The summed E-state index contributed by atoms with van der Waals surface area (Å²) >= 11 is 0. The largest absolute Gasteiger partial charge is 0.344 e. The van der Waals surface area contributed by atoms with Crippen molar-refractivity contribution < 1.29 is 4.79 Å². The molecule has 2 atom stereocenters. The molecule has 0 aromatic heterocycles. The van der Waals surface area contributed by atoms with Crippen LogP contribution in [0.5, 0.6) is 0 Å². The van der Waals surface area contributed by atoms with Gasteiger partial charge < -0.3 is 10.6 Å². The fourth-order valence-corrected chi connectivity index (χ4v) is 2.70. The number of rotatable bonds is 3. The van der Waals surface area contributed by atoms with Gasteiger partial charge in [-0.25, -0.2) is 0 Å². The first-order valence-corrected chi connectivity index (χ1v) is 6.53. The van der Waals surface area contributed by atoms with E-state index in [0.29, 0.717) is 12.6 Å². The van der Waals surface area contributed by atoms with Gasteiger partial charge in [-0.3, -0.25) is 9.69 Å². The molecule has 1 aliphatic heterocycles. The average Bonchev–Trinajstić information content (AvgIpc) is 2.33. The number of amides is 1. The summed E-state index contributed by atoms with van der Waals surface area (Å²) in [5, 5.41) is 0. The molecule has 1 aliphatic rings. The second kappa shape index (κ2) is 5.36. The molecule has 0 radical (unpaired) electrons. The van der Waals surface area contributed by atoms with Gasteiger partial charge in [-0.15, -0.1) is 0 Å². The summed E-state index contributed by atoms with van der Waals surface area (Å²) in [6.07, 6.45) is 1.05. The van der Waals surface area contributed by atoms with Crippen LogP contribution in [0.25, 0.3) is 0 Å². The van der Waals surface area contributed by atoms with E-state index < -0.39 is 0 Å². The fourth-order valence-electron chi connectivity index (χ4n) is 2.70. The first-order chi connectivity index (χ1) is 7.82. The maximum atomic E-state index is 12.3. The van der Waals surface area contributed by atoms with Crippen LogP contribution in [0.4, 0.5) is 0 Å². The van der Waals surface area contributed by atoms with Crippen LogP contribution < -0.4 is 5.73 Å². The van der Waals surface area contributed by atoms with Gasteiger partial charge in [0, 0.05) is 32.7 Å². The quantitative estimate of drug-likeness (QED) is 0.799. The Labute approximate surface area is 105 Å². The van der Waals surface area contributed by atoms with Crippen LogP contribution >= 0.6 is 0 Å². The molecular weight excluding hydrogens is 214 g/mol. The van der Waals surface area contributed by atoms with Gasteiger partial charge >= 0.3 is 0 Å². The molecule has 1 fully saturated rings. The molecule has 4 nitrogen and oxygen atoms in total. The third kappa shape index (κ3) is 3.19. The van der Waals surface area contributed by atoms with E-state index in [4.69, 9.17) is 5.73 Å². The van der Waals surface area contributed by atoms with Crippen LogP contribution in [0.1, 0.15) is 34.1 Å². The van der Waals surface area contributed by atoms with Crippen molar-refractivity contribution >= 4 is 5.91 Å². The molecule has 100 valence electrons. The molecule has 4 heteroatoms. The van der Waals surface area contributed by atoms with Crippen molar-refractivity contribution in [2.24, 2.45) is 11.1 Å². The van der Waals surface area contributed by atoms with Gasteiger partial charge in [0.05, 0.1) is 0 Å². The van der Waals surface area contributed by atoms with Crippen molar-refractivity contribution in [3.05, 3.63) is 0 Å². The topological polar surface area (TPSA) is 49.6 Å². The lowest BCUT2D eigenvalue weighted by atomic mass is 9.92. The smallest absolute Gasteiger partial charge is 0.241 e. The molecule has 0 bridgehead atoms. The summed E-state index contributed by atoms with van der Waals surface area (Å²) in [7, 11) is 1.88. The molecule has 2 unspecified atom stereocenters. The zero-order chi connectivity index (χ0) is 13.2. The first kappa shape index (κ1) is 14.5. The number of nitrogens with two attached hydrogens (primary N) is 1. The van der Waals surface area contributed by atoms with Crippen molar-refractivity contribution in [2.45, 2.75) is 46.2 Å². The van der Waals surface area contributed by atoms with Crippen LogP contribution in [-0.4, -0.2) is 54.5 Å². The molecule has 0 aromatic rings. The Kier molecular flexibility index (Phi) is 4.55. The number of carbonyl (C=O) groups is 1. The number of likely N-dealkylation sites (N-methyl/N-ethyl adjacent to an activating group) is 1. The van der Waals surface area contributed by atoms with Crippen molar-refractivity contribution in [3.63, 3.8) is 0 Å². The van der Waals surface area contributed by atoms with Crippen molar-refractivity contribution in [1.82, 2.24) is 9.80 Å². The molecular formula is C13H27N3O. The molecule has 17 heavy (non-hydrogen) atoms. The fraction of sp³-hybridized carbons (Fsp3) is 0.923. The molecule has 1 saturated heterocycles. The molecule has 1 rings (SSSR count). The van der Waals surface area contributed by atoms with Crippen molar-refractivity contribution in [2.75, 3.05) is 26.7 Å². The summed E-state index contributed by atoms with van der Waals surface area (Å²) in [6, 6.07) is 0.245. The monoisotopic (exact) mass is 241 g/mol. The Morgan fingerprint density at radius 2 is 2.06 bits per heavy atom. The van der Waals surface area contributed by atoms with Gasteiger partial charge in [-0.2, -0.15) is 0 Å². The summed E-state index contributed by atoms with van der Waals surface area (Å²) in [5.41, 5.74) is 5.93. The van der Waals surface area contributed by atoms with E-state index >= 15 is 0 Å². The summed E-state index contributed by atoms with van der Waals surface area (Å²) < 4.78 is 0.